The Labute approximate surface area is 125 Å². The van der Waals surface area contributed by atoms with Crippen molar-refractivity contribution >= 4 is 17.5 Å². The summed E-state index contributed by atoms with van der Waals surface area (Å²) in [5.74, 6) is -0.746. The molecule has 1 heterocycles. The summed E-state index contributed by atoms with van der Waals surface area (Å²) in [6.07, 6.45) is 0. The molecule has 2 amide bonds. The van der Waals surface area contributed by atoms with E-state index in [0.29, 0.717) is 17.2 Å². The Bertz CT molecular complexity index is 788. The number of hydrogen-bond acceptors (Lipinski definition) is 4. The molecule has 2 aromatic carbocycles. The first-order valence-corrected chi connectivity index (χ1v) is 6.47. The van der Waals surface area contributed by atoms with Gasteiger partial charge in [0.05, 0.1) is 31.0 Å². The fourth-order valence-electron chi connectivity index (χ4n) is 2.41. The predicted octanol–water partition coefficient (Wildman–Crippen LogP) is 2.64. The Morgan fingerprint density at radius 3 is 2.23 bits per heavy atom. The van der Waals surface area contributed by atoms with E-state index in [2.05, 4.69) is 0 Å². The van der Waals surface area contributed by atoms with Gasteiger partial charge >= 0.3 is 0 Å². The van der Waals surface area contributed by atoms with Crippen molar-refractivity contribution in [2.75, 3.05) is 19.1 Å². The van der Waals surface area contributed by atoms with Crippen molar-refractivity contribution in [3.8, 4) is 11.5 Å². The molecule has 1 aliphatic rings. The average Bonchev–Trinajstić information content (AvgIpc) is 2.77. The van der Waals surface area contributed by atoms with Crippen molar-refractivity contribution in [3.63, 3.8) is 0 Å². The summed E-state index contributed by atoms with van der Waals surface area (Å²) >= 11 is 0. The van der Waals surface area contributed by atoms with Crippen molar-refractivity contribution in [1.29, 1.82) is 0 Å². The lowest BCUT2D eigenvalue weighted by molar-refractivity contribution is 0.0926. The van der Waals surface area contributed by atoms with Gasteiger partial charge in [-0.25, -0.2) is 9.29 Å². The molecule has 0 fully saturated rings. The summed E-state index contributed by atoms with van der Waals surface area (Å²) in [5, 5.41) is 0. The highest BCUT2D eigenvalue weighted by atomic mass is 19.1. The SMILES string of the molecule is COc1ccc(N2C(=O)c3ccc(F)cc3C2=O)cc1OC. The molecular weight excluding hydrogens is 289 g/mol. The third-order valence-electron chi connectivity index (χ3n) is 3.47. The third-order valence-corrected chi connectivity index (χ3v) is 3.47. The number of ether oxygens (including phenoxy) is 2. The molecule has 0 saturated carbocycles. The first kappa shape index (κ1) is 14.1. The lowest BCUT2D eigenvalue weighted by atomic mass is 10.1. The molecule has 2 aromatic rings. The molecule has 0 bridgehead atoms. The van der Waals surface area contributed by atoms with Gasteiger partial charge in [-0.15, -0.1) is 0 Å². The highest BCUT2D eigenvalue weighted by Gasteiger charge is 2.37. The Hall–Kier alpha value is -2.89. The fraction of sp³-hybridized carbons (Fsp3) is 0.125. The van der Waals surface area contributed by atoms with Gasteiger partial charge in [0.25, 0.3) is 11.8 Å². The van der Waals surface area contributed by atoms with Crippen LogP contribution in [-0.2, 0) is 0 Å². The third kappa shape index (κ3) is 2.00. The number of hydrogen-bond donors (Lipinski definition) is 0. The number of fused-ring (bicyclic) bond motifs is 1. The molecule has 0 aliphatic carbocycles. The molecule has 22 heavy (non-hydrogen) atoms. The number of halogens is 1. The van der Waals surface area contributed by atoms with E-state index in [1.807, 2.05) is 0 Å². The van der Waals surface area contributed by atoms with Crippen LogP contribution in [-0.4, -0.2) is 26.0 Å². The molecule has 0 N–H and O–H groups in total. The van der Waals surface area contributed by atoms with Gasteiger partial charge in [0, 0.05) is 6.07 Å². The highest BCUT2D eigenvalue weighted by molar-refractivity contribution is 6.34. The molecular formula is C16H12FNO4. The molecule has 5 nitrogen and oxygen atoms in total. The number of anilines is 1. The monoisotopic (exact) mass is 301 g/mol. The first-order valence-electron chi connectivity index (χ1n) is 6.47. The summed E-state index contributed by atoms with van der Waals surface area (Å²) < 4.78 is 23.6. The minimum Gasteiger partial charge on any atom is -0.493 e. The maximum Gasteiger partial charge on any atom is 0.266 e. The van der Waals surface area contributed by atoms with Crippen molar-refractivity contribution in [1.82, 2.24) is 0 Å². The zero-order chi connectivity index (χ0) is 15.9. The number of carbonyl (C=O) groups excluding carboxylic acids is 2. The number of rotatable bonds is 3. The molecule has 0 aromatic heterocycles. The van der Waals surface area contributed by atoms with Crippen LogP contribution in [0.5, 0.6) is 11.5 Å². The van der Waals surface area contributed by atoms with Crippen molar-refractivity contribution in [3.05, 3.63) is 53.3 Å². The smallest absolute Gasteiger partial charge is 0.266 e. The minimum absolute atomic E-state index is 0.0554. The zero-order valence-corrected chi connectivity index (χ0v) is 11.9. The minimum atomic E-state index is -0.563. The number of benzene rings is 2. The molecule has 0 atom stereocenters. The van der Waals surface area contributed by atoms with Crippen LogP contribution in [0.3, 0.4) is 0 Å². The van der Waals surface area contributed by atoms with Crippen molar-refractivity contribution in [2.45, 2.75) is 0 Å². The first-order chi connectivity index (χ1) is 10.6. The molecule has 112 valence electrons. The zero-order valence-electron chi connectivity index (χ0n) is 11.9. The van der Waals surface area contributed by atoms with Gasteiger partial charge in [-0.05, 0) is 30.3 Å². The van der Waals surface area contributed by atoms with E-state index in [1.165, 1.54) is 26.4 Å². The lowest BCUT2D eigenvalue weighted by Gasteiger charge is -2.16. The number of methoxy groups -OCH3 is 2. The Balaban J connectivity index is 2.07. The maximum atomic E-state index is 13.3. The summed E-state index contributed by atoms with van der Waals surface area (Å²) in [5.41, 5.74) is 0.574. The number of imide groups is 1. The largest absolute Gasteiger partial charge is 0.493 e. The number of amides is 2. The van der Waals surface area contributed by atoms with Gasteiger partial charge in [0.15, 0.2) is 11.5 Å². The van der Waals surface area contributed by atoms with E-state index < -0.39 is 17.6 Å². The van der Waals surface area contributed by atoms with Gasteiger partial charge in [-0.1, -0.05) is 0 Å². The van der Waals surface area contributed by atoms with E-state index >= 15 is 0 Å². The molecule has 0 unspecified atom stereocenters. The Morgan fingerprint density at radius 1 is 0.864 bits per heavy atom. The Morgan fingerprint density at radius 2 is 1.55 bits per heavy atom. The molecule has 0 saturated heterocycles. The predicted molar refractivity (Wildman–Crippen MR) is 77.1 cm³/mol. The van der Waals surface area contributed by atoms with Crippen LogP contribution >= 0.6 is 0 Å². The van der Waals surface area contributed by atoms with Crippen LogP contribution in [0, 0.1) is 5.82 Å². The number of nitrogens with zero attached hydrogens (tertiary/aromatic N) is 1. The van der Waals surface area contributed by atoms with E-state index in [9.17, 15) is 14.0 Å². The van der Waals surface area contributed by atoms with Crippen molar-refractivity contribution < 1.29 is 23.5 Å². The maximum absolute atomic E-state index is 13.3. The molecule has 6 heteroatoms. The quantitative estimate of drug-likeness (QED) is 0.818. The van der Waals surface area contributed by atoms with Crippen molar-refractivity contribution in [2.24, 2.45) is 0 Å². The van der Waals surface area contributed by atoms with Gasteiger partial charge in [-0.2, -0.15) is 0 Å². The average molecular weight is 301 g/mol. The van der Waals surface area contributed by atoms with Gasteiger partial charge in [-0.3, -0.25) is 9.59 Å². The van der Waals surface area contributed by atoms with E-state index in [-0.39, 0.29) is 11.1 Å². The lowest BCUT2D eigenvalue weighted by Crippen LogP contribution is -2.29. The second kappa shape index (κ2) is 5.14. The van der Waals surface area contributed by atoms with Crippen LogP contribution in [0.25, 0.3) is 0 Å². The highest BCUT2D eigenvalue weighted by Crippen LogP contribution is 2.35. The van der Waals surface area contributed by atoms with E-state index in [0.717, 1.165) is 17.0 Å². The van der Waals surface area contributed by atoms with Gasteiger partial charge < -0.3 is 9.47 Å². The van der Waals surface area contributed by atoms with Crippen LogP contribution < -0.4 is 14.4 Å². The van der Waals surface area contributed by atoms with Crippen LogP contribution in [0.15, 0.2) is 36.4 Å². The standard InChI is InChI=1S/C16H12FNO4/c1-21-13-6-4-10(8-14(13)22-2)18-15(19)11-5-3-9(17)7-12(11)16(18)20/h3-8H,1-2H3. The molecule has 3 rings (SSSR count). The summed E-state index contributed by atoms with van der Waals surface area (Å²) in [4.78, 5) is 25.8. The topological polar surface area (TPSA) is 55.8 Å². The summed E-state index contributed by atoms with van der Waals surface area (Å²) in [6.45, 7) is 0. The van der Waals surface area contributed by atoms with Gasteiger partial charge in [0.2, 0.25) is 0 Å². The Kier molecular flexibility index (Phi) is 3.29. The molecule has 0 radical (unpaired) electrons. The number of carbonyl (C=O) groups is 2. The second-order valence-electron chi connectivity index (χ2n) is 4.67. The summed E-state index contributed by atoms with van der Waals surface area (Å²) in [6, 6.07) is 8.22. The van der Waals surface area contributed by atoms with Crippen LogP contribution in [0.1, 0.15) is 20.7 Å². The normalized spacial score (nSPS) is 13.3. The van der Waals surface area contributed by atoms with E-state index in [4.69, 9.17) is 9.47 Å². The van der Waals surface area contributed by atoms with Crippen LogP contribution in [0.4, 0.5) is 10.1 Å². The fourth-order valence-corrected chi connectivity index (χ4v) is 2.41. The summed E-state index contributed by atoms with van der Waals surface area (Å²) in [7, 11) is 2.95. The molecule has 0 spiro atoms. The van der Waals surface area contributed by atoms with Gasteiger partial charge in [0.1, 0.15) is 5.82 Å². The second-order valence-corrected chi connectivity index (χ2v) is 4.67. The molecule has 1 aliphatic heterocycles. The van der Waals surface area contributed by atoms with E-state index in [1.54, 1.807) is 12.1 Å². The van der Waals surface area contributed by atoms with Crippen LogP contribution in [0.2, 0.25) is 0 Å².